The highest BCUT2D eigenvalue weighted by Crippen LogP contribution is 2.45. The second-order valence-electron chi connectivity index (χ2n) is 12.4. The first-order valence-corrected chi connectivity index (χ1v) is 16.4. The number of carbonyl (C=O) groups is 3. The average Bonchev–Trinajstić information content (AvgIpc) is 3.92. The Balaban J connectivity index is 1.24. The van der Waals surface area contributed by atoms with Crippen LogP contribution in [0.5, 0.6) is 0 Å². The molecule has 4 aliphatic rings. The SMILES string of the molecule is C=C[C@@H]1C[C@@]1(NC(=O)C1CC(ON=C2c3ccccc3-c3ccccc32)CN1C(=O)[C@H](O)C(C)C)C(=O)NS(=O)(=O)C1CC1. The van der Waals surface area contributed by atoms with E-state index in [-0.39, 0.29) is 19.4 Å². The van der Waals surface area contributed by atoms with Gasteiger partial charge in [-0.15, -0.1) is 6.58 Å². The van der Waals surface area contributed by atoms with E-state index in [4.69, 9.17) is 4.84 Å². The molecule has 2 aromatic carbocycles. The maximum atomic E-state index is 13.8. The summed E-state index contributed by atoms with van der Waals surface area (Å²) in [4.78, 5) is 47.6. The van der Waals surface area contributed by atoms with Gasteiger partial charge in [-0.1, -0.05) is 73.6 Å². The third kappa shape index (κ3) is 5.30. The molecule has 0 bridgehead atoms. The number of oxime groups is 1. The predicted molar refractivity (Wildman–Crippen MR) is 163 cm³/mol. The van der Waals surface area contributed by atoms with E-state index in [1.165, 1.54) is 11.0 Å². The maximum absolute atomic E-state index is 13.8. The Hall–Kier alpha value is -4.03. The first-order chi connectivity index (χ1) is 21.0. The normalized spacial score (nSPS) is 26.0. The van der Waals surface area contributed by atoms with Crippen molar-refractivity contribution in [2.45, 2.75) is 68.6 Å². The van der Waals surface area contributed by atoms with Gasteiger partial charge in [-0.05, 0) is 36.3 Å². The van der Waals surface area contributed by atoms with Gasteiger partial charge in [-0.3, -0.25) is 19.1 Å². The summed E-state index contributed by atoms with van der Waals surface area (Å²) in [6, 6.07) is 14.6. The predicted octanol–water partition coefficient (Wildman–Crippen LogP) is 2.09. The third-order valence-electron chi connectivity index (χ3n) is 8.93. The summed E-state index contributed by atoms with van der Waals surface area (Å²) in [6.07, 6.45) is 0.653. The number of benzene rings is 2. The molecule has 3 fully saturated rings. The van der Waals surface area contributed by atoms with Crippen molar-refractivity contribution in [3.8, 4) is 11.1 Å². The van der Waals surface area contributed by atoms with E-state index in [9.17, 15) is 27.9 Å². The molecule has 0 spiro atoms. The fraction of sp³-hybridized carbons (Fsp3) is 0.438. The highest BCUT2D eigenvalue weighted by molar-refractivity contribution is 7.91. The molecule has 1 heterocycles. The molecule has 2 aromatic rings. The first kappa shape index (κ1) is 30.0. The number of carbonyl (C=O) groups excluding carboxylic acids is 3. The minimum atomic E-state index is -3.85. The van der Waals surface area contributed by atoms with Crippen LogP contribution in [-0.4, -0.2) is 77.4 Å². The molecule has 3 amide bonds. The average molecular weight is 621 g/mol. The van der Waals surface area contributed by atoms with Gasteiger partial charge in [0, 0.05) is 23.5 Å². The highest BCUT2D eigenvalue weighted by atomic mass is 32.2. The van der Waals surface area contributed by atoms with Gasteiger partial charge >= 0.3 is 0 Å². The molecule has 2 unspecified atom stereocenters. The summed E-state index contributed by atoms with van der Waals surface area (Å²) in [5, 5.41) is 17.2. The first-order valence-electron chi connectivity index (χ1n) is 14.9. The van der Waals surface area contributed by atoms with E-state index in [1.807, 2.05) is 48.5 Å². The van der Waals surface area contributed by atoms with Gasteiger partial charge in [0.2, 0.25) is 15.9 Å². The van der Waals surface area contributed by atoms with Crippen LogP contribution in [0.25, 0.3) is 11.1 Å². The van der Waals surface area contributed by atoms with Gasteiger partial charge in [-0.2, -0.15) is 0 Å². The quantitative estimate of drug-likeness (QED) is 0.232. The number of aliphatic hydroxyl groups is 1. The molecule has 2 saturated carbocycles. The number of sulfonamides is 1. The van der Waals surface area contributed by atoms with Crippen LogP contribution in [0.1, 0.15) is 50.7 Å². The number of fused-ring (bicyclic) bond motifs is 3. The Bertz CT molecular complexity index is 1620. The van der Waals surface area contributed by atoms with Crippen molar-refractivity contribution in [1.29, 1.82) is 0 Å². The molecule has 11 nitrogen and oxygen atoms in total. The van der Waals surface area contributed by atoms with Crippen LogP contribution in [0.15, 0.2) is 66.3 Å². The number of nitrogens with zero attached hydrogens (tertiary/aromatic N) is 2. The van der Waals surface area contributed by atoms with E-state index in [0.717, 1.165) is 22.3 Å². The Morgan fingerprint density at radius 3 is 2.18 bits per heavy atom. The number of likely N-dealkylation sites (tertiary alicyclic amines) is 1. The van der Waals surface area contributed by atoms with Crippen molar-refractivity contribution >= 4 is 33.5 Å². The van der Waals surface area contributed by atoms with Gasteiger partial charge in [0.1, 0.15) is 29.5 Å². The number of rotatable bonds is 10. The van der Waals surface area contributed by atoms with Gasteiger partial charge in [-0.25, -0.2) is 8.42 Å². The maximum Gasteiger partial charge on any atom is 0.259 e. The number of hydrogen-bond acceptors (Lipinski definition) is 8. The lowest BCUT2D eigenvalue weighted by Gasteiger charge is -2.28. The van der Waals surface area contributed by atoms with Crippen LogP contribution in [0.3, 0.4) is 0 Å². The second kappa shape index (κ2) is 11.2. The Labute approximate surface area is 256 Å². The lowest BCUT2D eigenvalue weighted by molar-refractivity contribution is -0.147. The van der Waals surface area contributed by atoms with Crippen LogP contribution < -0.4 is 10.0 Å². The molecule has 3 aliphatic carbocycles. The smallest absolute Gasteiger partial charge is 0.259 e. The molecule has 1 saturated heterocycles. The molecule has 0 radical (unpaired) electrons. The van der Waals surface area contributed by atoms with Crippen LogP contribution in [-0.2, 0) is 29.2 Å². The van der Waals surface area contributed by atoms with Crippen LogP contribution in [0.4, 0.5) is 0 Å². The summed E-state index contributed by atoms with van der Waals surface area (Å²) in [5.41, 5.74) is 3.01. The van der Waals surface area contributed by atoms with E-state index < -0.39 is 68.6 Å². The molecular weight excluding hydrogens is 584 g/mol. The molecule has 0 aromatic heterocycles. The summed E-state index contributed by atoms with van der Waals surface area (Å²) < 4.78 is 27.1. The fourth-order valence-electron chi connectivity index (χ4n) is 6.06. The molecule has 44 heavy (non-hydrogen) atoms. The number of nitrogens with one attached hydrogen (secondary N) is 2. The largest absolute Gasteiger partial charge is 0.390 e. The molecule has 5 atom stereocenters. The minimum absolute atomic E-state index is 0.0130. The molecule has 12 heteroatoms. The Morgan fingerprint density at radius 1 is 1.07 bits per heavy atom. The molecule has 1 aliphatic heterocycles. The van der Waals surface area contributed by atoms with E-state index in [1.54, 1.807) is 13.8 Å². The summed E-state index contributed by atoms with van der Waals surface area (Å²) >= 11 is 0. The zero-order chi connectivity index (χ0) is 31.4. The van der Waals surface area contributed by atoms with Gasteiger partial charge in [0.05, 0.1) is 11.8 Å². The molecule has 3 N–H and O–H groups in total. The molecule has 232 valence electrons. The third-order valence-corrected chi connectivity index (χ3v) is 10.7. The van der Waals surface area contributed by atoms with Crippen molar-refractivity contribution < 1.29 is 32.7 Å². The zero-order valence-corrected chi connectivity index (χ0v) is 25.4. The van der Waals surface area contributed by atoms with Crippen molar-refractivity contribution in [2.75, 3.05) is 6.54 Å². The minimum Gasteiger partial charge on any atom is -0.390 e. The monoisotopic (exact) mass is 620 g/mol. The second-order valence-corrected chi connectivity index (χ2v) is 14.3. The number of aliphatic hydroxyl groups excluding tert-OH is 1. The molecular formula is C32H36N4O7S. The van der Waals surface area contributed by atoms with Crippen molar-refractivity contribution in [2.24, 2.45) is 17.0 Å². The van der Waals surface area contributed by atoms with Crippen LogP contribution >= 0.6 is 0 Å². The van der Waals surface area contributed by atoms with Gasteiger partial charge < -0.3 is 20.2 Å². The summed E-state index contributed by atoms with van der Waals surface area (Å²) in [6.45, 7) is 7.11. The van der Waals surface area contributed by atoms with Crippen molar-refractivity contribution in [3.05, 3.63) is 72.3 Å². The highest BCUT2D eigenvalue weighted by Gasteiger charge is 2.62. The van der Waals surface area contributed by atoms with E-state index in [2.05, 4.69) is 21.8 Å². The topological polar surface area (TPSA) is 154 Å². The fourth-order valence-corrected chi connectivity index (χ4v) is 7.42. The number of hydrogen-bond donors (Lipinski definition) is 3. The van der Waals surface area contributed by atoms with E-state index in [0.29, 0.717) is 18.6 Å². The zero-order valence-electron chi connectivity index (χ0n) is 24.6. The van der Waals surface area contributed by atoms with Crippen molar-refractivity contribution in [3.63, 3.8) is 0 Å². The Morgan fingerprint density at radius 2 is 1.66 bits per heavy atom. The summed E-state index contributed by atoms with van der Waals surface area (Å²) in [7, 11) is -3.85. The van der Waals surface area contributed by atoms with Crippen LogP contribution in [0, 0.1) is 11.8 Å². The lowest BCUT2D eigenvalue weighted by Crippen LogP contribution is -2.57. The van der Waals surface area contributed by atoms with E-state index >= 15 is 0 Å². The van der Waals surface area contributed by atoms with Gasteiger partial charge in [0.15, 0.2) is 0 Å². The Kier molecular flexibility index (Phi) is 7.61. The van der Waals surface area contributed by atoms with Crippen LogP contribution in [0.2, 0.25) is 0 Å². The lowest BCUT2D eigenvalue weighted by atomic mass is 10.1. The van der Waals surface area contributed by atoms with Crippen molar-refractivity contribution in [1.82, 2.24) is 14.9 Å². The number of amides is 3. The standard InChI is InChI=1S/C32H36N4O7S/c1-4-19-16-32(19,31(40)35-44(41,42)21-13-14-21)33-29(38)26-15-20(17-36(26)30(39)28(37)18(2)3)43-34-27-24-11-7-5-9-22(24)23-10-6-8-12-25(23)27/h4-12,18-21,26,28,37H,1,13-17H2,2-3H3,(H,33,38)(H,35,40)/t19-,20?,26?,28-,32+/m1/s1. The van der Waals surface area contributed by atoms with Gasteiger partial charge in [0.25, 0.3) is 11.8 Å². The summed E-state index contributed by atoms with van der Waals surface area (Å²) in [5.74, 6) is -2.99. The molecule has 6 rings (SSSR count).